The van der Waals surface area contributed by atoms with Gasteiger partial charge in [0.25, 0.3) is 0 Å². The summed E-state index contributed by atoms with van der Waals surface area (Å²) < 4.78 is 37.9. The molecule has 0 radical (unpaired) electrons. The van der Waals surface area contributed by atoms with Crippen molar-refractivity contribution < 1.29 is 23.1 Å². The van der Waals surface area contributed by atoms with Gasteiger partial charge in [-0.3, -0.25) is 4.79 Å². The van der Waals surface area contributed by atoms with E-state index >= 15 is 0 Å². The monoisotopic (exact) mass is 330 g/mol. The molecule has 0 bridgehead atoms. The number of halogens is 3. The van der Waals surface area contributed by atoms with Gasteiger partial charge in [0, 0.05) is 16.5 Å². The van der Waals surface area contributed by atoms with Crippen molar-refractivity contribution in [1.29, 1.82) is 0 Å². The molecular formula is C19H13F3O2. The van der Waals surface area contributed by atoms with E-state index in [0.717, 1.165) is 12.1 Å². The number of phenolic OH excluding ortho intramolecular Hbond substituents is 1. The number of hydrogen-bond acceptors (Lipinski definition) is 2. The first-order chi connectivity index (χ1) is 11.3. The van der Waals surface area contributed by atoms with Gasteiger partial charge in [-0.15, -0.1) is 0 Å². The van der Waals surface area contributed by atoms with Crippen LogP contribution in [0.15, 0.2) is 54.6 Å². The second kappa shape index (κ2) is 5.67. The maximum absolute atomic E-state index is 12.8. The zero-order valence-corrected chi connectivity index (χ0v) is 12.7. The van der Waals surface area contributed by atoms with Crippen molar-refractivity contribution in [3.05, 3.63) is 76.9 Å². The van der Waals surface area contributed by atoms with Crippen molar-refractivity contribution in [2.24, 2.45) is 0 Å². The fourth-order valence-corrected chi connectivity index (χ4v) is 2.75. The van der Waals surface area contributed by atoms with Crippen LogP contribution >= 0.6 is 0 Å². The van der Waals surface area contributed by atoms with Crippen LogP contribution in [0.1, 0.15) is 27.0 Å². The number of fused-ring (bicyclic) bond motifs is 1. The van der Waals surface area contributed by atoms with Gasteiger partial charge in [0.2, 0.25) is 0 Å². The highest BCUT2D eigenvalue weighted by atomic mass is 19.4. The minimum Gasteiger partial charge on any atom is -0.507 e. The minimum absolute atomic E-state index is 0.0621. The summed E-state index contributed by atoms with van der Waals surface area (Å²) in [5.41, 5.74) is 0.313. The number of aryl methyl sites for hydroxylation is 1. The molecule has 122 valence electrons. The van der Waals surface area contributed by atoms with Crippen molar-refractivity contribution in [1.82, 2.24) is 0 Å². The summed E-state index contributed by atoms with van der Waals surface area (Å²) in [5.74, 6) is -0.315. The van der Waals surface area contributed by atoms with Gasteiger partial charge in [0.1, 0.15) is 5.75 Å². The average Bonchev–Trinajstić information content (AvgIpc) is 2.54. The molecule has 0 aliphatic heterocycles. The molecule has 2 nitrogen and oxygen atoms in total. The Morgan fingerprint density at radius 3 is 2.12 bits per heavy atom. The predicted molar refractivity (Wildman–Crippen MR) is 85.2 cm³/mol. The Labute approximate surface area is 136 Å². The number of rotatable bonds is 2. The molecule has 0 saturated heterocycles. The van der Waals surface area contributed by atoms with Crippen LogP contribution in [0.3, 0.4) is 0 Å². The van der Waals surface area contributed by atoms with Crippen molar-refractivity contribution in [3.8, 4) is 5.75 Å². The fraction of sp³-hybridized carbons (Fsp3) is 0.105. The van der Waals surface area contributed by atoms with Crippen LogP contribution in [0.2, 0.25) is 0 Å². The summed E-state index contributed by atoms with van der Waals surface area (Å²) in [6, 6.07) is 12.5. The highest BCUT2D eigenvalue weighted by Crippen LogP contribution is 2.33. The van der Waals surface area contributed by atoms with Gasteiger partial charge in [-0.2, -0.15) is 13.2 Å². The Bertz CT molecular complexity index is 926. The molecule has 5 heteroatoms. The van der Waals surface area contributed by atoms with Crippen molar-refractivity contribution in [2.75, 3.05) is 0 Å². The molecule has 3 aromatic rings. The molecule has 0 fully saturated rings. The largest absolute Gasteiger partial charge is 0.507 e. The molecule has 0 saturated carbocycles. The number of carbonyl (C=O) groups excluding carboxylic acids is 1. The highest BCUT2D eigenvalue weighted by molar-refractivity contribution is 6.18. The van der Waals surface area contributed by atoms with Crippen LogP contribution in [-0.2, 0) is 6.18 Å². The summed E-state index contributed by atoms with van der Waals surface area (Å²) in [7, 11) is 0. The van der Waals surface area contributed by atoms with Crippen LogP contribution < -0.4 is 0 Å². The second-order valence-electron chi connectivity index (χ2n) is 5.54. The van der Waals surface area contributed by atoms with Gasteiger partial charge >= 0.3 is 6.18 Å². The zero-order valence-electron chi connectivity index (χ0n) is 12.7. The minimum atomic E-state index is -4.44. The average molecular weight is 330 g/mol. The lowest BCUT2D eigenvalue weighted by atomic mass is 9.92. The molecule has 0 heterocycles. The third-order valence-corrected chi connectivity index (χ3v) is 3.92. The second-order valence-corrected chi connectivity index (χ2v) is 5.54. The van der Waals surface area contributed by atoms with E-state index in [1.54, 1.807) is 31.2 Å². The molecular weight excluding hydrogens is 317 g/mol. The van der Waals surface area contributed by atoms with E-state index in [-0.39, 0.29) is 17.1 Å². The number of benzene rings is 3. The van der Waals surface area contributed by atoms with Gasteiger partial charge in [-0.1, -0.05) is 36.4 Å². The third-order valence-electron chi connectivity index (χ3n) is 3.92. The Kier molecular flexibility index (Phi) is 3.79. The van der Waals surface area contributed by atoms with E-state index in [1.165, 1.54) is 18.2 Å². The first-order valence-electron chi connectivity index (χ1n) is 7.22. The first-order valence-corrected chi connectivity index (χ1v) is 7.22. The van der Waals surface area contributed by atoms with Crippen LogP contribution in [0.25, 0.3) is 10.8 Å². The Morgan fingerprint density at radius 1 is 0.958 bits per heavy atom. The third kappa shape index (κ3) is 2.73. The lowest BCUT2D eigenvalue weighted by Crippen LogP contribution is -2.08. The van der Waals surface area contributed by atoms with Crippen LogP contribution in [0.4, 0.5) is 13.2 Å². The van der Waals surface area contributed by atoms with Gasteiger partial charge in [-0.25, -0.2) is 0 Å². The fourth-order valence-electron chi connectivity index (χ4n) is 2.75. The van der Waals surface area contributed by atoms with Crippen molar-refractivity contribution in [3.63, 3.8) is 0 Å². The SMILES string of the molecule is Cc1cc(O)c2ccccc2c1C(=O)c1ccc(C(F)(F)F)cc1. The molecule has 0 spiro atoms. The first kappa shape index (κ1) is 16.1. The Balaban J connectivity index is 2.13. The van der Waals surface area contributed by atoms with Gasteiger partial charge < -0.3 is 5.11 Å². The molecule has 0 aliphatic rings. The van der Waals surface area contributed by atoms with E-state index in [4.69, 9.17) is 0 Å². The summed E-state index contributed by atoms with van der Waals surface area (Å²) in [6.07, 6.45) is -4.44. The van der Waals surface area contributed by atoms with Gasteiger partial charge in [0.05, 0.1) is 5.56 Å². The molecule has 0 unspecified atom stereocenters. The molecule has 1 N–H and O–H groups in total. The summed E-state index contributed by atoms with van der Waals surface area (Å²) >= 11 is 0. The number of aromatic hydroxyl groups is 1. The van der Waals surface area contributed by atoms with Gasteiger partial charge in [0.15, 0.2) is 5.78 Å². The molecule has 3 aromatic carbocycles. The number of hydrogen-bond donors (Lipinski definition) is 1. The number of phenols is 1. The number of ketones is 1. The molecule has 0 aliphatic carbocycles. The van der Waals surface area contributed by atoms with Crippen molar-refractivity contribution >= 4 is 16.6 Å². The summed E-state index contributed by atoms with van der Waals surface area (Å²) in [5, 5.41) is 11.1. The van der Waals surface area contributed by atoms with Crippen LogP contribution in [0, 0.1) is 6.92 Å². The van der Waals surface area contributed by atoms with Crippen molar-refractivity contribution in [2.45, 2.75) is 13.1 Å². The molecule has 0 amide bonds. The smallest absolute Gasteiger partial charge is 0.416 e. The molecule has 3 rings (SSSR count). The van der Waals surface area contributed by atoms with E-state index in [2.05, 4.69) is 0 Å². The predicted octanol–water partition coefficient (Wildman–Crippen LogP) is 5.10. The highest BCUT2D eigenvalue weighted by Gasteiger charge is 2.30. The standard InChI is InChI=1S/C19H13F3O2/c1-11-10-16(23)14-4-2-3-5-15(14)17(11)18(24)12-6-8-13(9-7-12)19(20,21)22/h2-10,23H,1H3. The summed E-state index contributed by atoms with van der Waals surface area (Å²) in [4.78, 5) is 12.8. The molecule has 24 heavy (non-hydrogen) atoms. The van der Waals surface area contributed by atoms with Crippen LogP contribution in [-0.4, -0.2) is 10.9 Å². The summed E-state index contributed by atoms with van der Waals surface area (Å²) in [6.45, 7) is 1.68. The lowest BCUT2D eigenvalue weighted by molar-refractivity contribution is -0.137. The Morgan fingerprint density at radius 2 is 1.54 bits per heavy atom. The number of alkyl halides is 3. The van der Waals surface area contributed by atoms with E-state index in [9.17, 15) is 23.1 Å². The van der Waals surface area contributed by atoms with E-state index in [1.807, 2.05) is 0 Å². The quantitative estimate of drug-likeness (QED) is 0.664. The Hall–Kier alpha value is -2.82. The zero-order chi connectivity index (χ0) is 17.5. The topological polar surface area (TPSA) is 37.3 Å². The molecule has 0 atom stereocenters. The maximum atomic E-state index is 12.8. The van der Waals surface area contributed by atoms with Gasteiger partial charge in [-0.05, 0) is 36.1 Å². The number of carbonyl (C=O) groups is 1. The lowest BCUT2D eigenvalue weighted by Gasteiger charge is -2.12. The normalized spacial score (nSPS) is 11.7. The van der Waals surface area contributed by atoms with E-state index in [0.29, 0.717) is 21.9 Å². The van der Waals surface area contributed by atoms with E-state index < -0.39 is 11.7 Å². The van der Waals surface area contributed by atoms with Crippen LogP contribution in [0.5, 0.6) is 5.75 Å². The maximum Gasteiger partial charge on any atom is 0.416 e. The molecule has 0 aromatic heterocycles.